The molecule has 1 saturated heterocycles. The summed E-state index contributed by atoms with van der Waals surface area (Å²) in [5, 5.41) is 0. The maximum atomic E-state index is 12.2. The quantitative estimate of drug-likeness (QED) is 0.820. The van der Waals surface area contributed by atoms with E-state index in [4.69, 9.17) is 9.15 Å². The van der Waals surface area contributed by atoms with E-state index >= 15 is 0 Å². The molecule has 2 heterocycles. The number of carbonyl (C=O) groups excluding carboxylic acids is 1. The molecule has 0 aliphatic carbocycles. The molecule has 1 N–H and O–H groups in total. The van der Waals surface area contributed by atoms with Gasteiger partial charge in [-0.25, -0.2) is 4.79 Å². The zero-order chi connectivity index (χ0) is 12.5. The minimum atomic E-state index is -0.504. The lowest BCUT2D eigenvalue weighted by molar-refractivity contribution is 0.0461. The molecule has 1 aliphatic rings. The molecule has 94 valence electrons. The summed E-state index contributed by atoms with van der Waals surface area (Å²) in [6.45, 7) is 1.21. The van der Waals surface area contributed by atoms with E-state index in [1.807, 2.05) is 0 Å². The third-order valence-electron chi connectivity index (χ3n) is 3.24. The predicted molar refractivity (Wildman–Crippen MR) is 64.7 cm³/mol. The Hall–Kier alpha value is -1.88. The molecule has 0 amide bonds. The number of Topliss-reactive ketones (excluding diaryl/α,β-unsaturated/α-hetero) is 1. The van der Waals surface area contributed by atoms with Gasteiger partial charge in [0.25, 0.3) is 0 Å². The number of ether oxygens (including phenoxy) is 1. The number of fused-ring (bicyclic) bond motifs is 1. The van der Waals surface area contributed by atoms with Crippen molar-refractivity contribution in [2.75, 3.05) is 13.2 Å². The molecule has 5 heteroatoms. The van der Waals surface area contributed by atoms with Gasteiger partial charge in [0.15, 0.2) is 11.4 Å². The number of aromatic nitrogens is 1. The lowest BCUT2D eigenvalue weighted by Crippen LogP contribution is -2.25. The van der Waals surface area contributed by atoms with Crippen LogP contribution in [0.3, 0.4) is 0 Å². The predicted octanol–water partition coefficient (Wildman–Crippen LogP) is 1.73. The number of rotatable bonds is 2. The van der Waals surface area contributed by atoms with Crippen molar-refractivity contribution in [3.05, 3.63) is 34.3 Å². The number of H-pyrrole nitrogens is 1. The van der Waals surface area contributed by atoms with Crippen LogP contribution >= 0.6 is 0 Å². The van der Waals surface area contributed by atoms with Crippen LogP contribution in [0, 0.1) is 5.92 Å². The van der Waals surface area contributed by atoms with Gasteiger partial charge in [-0.15, -0.1) is 0 Å². The van der Waals surface area contributed by atoms with Crippen LogP contribution in [0.25, 0.3) is 11.1 Å². The van der Waals surface area contributed by atoms with Crippen molar-refractivity contribution in [2.45, 2.75) is 12.8 Å². The smallest absolute Gasteiger partial charge is 0.408 e. The first-order valence-electron chi connectivity index (χ1n) is 5.99. The number of hydrogen-bond acceptors (Lipinski definition) is 4. The van der Waals surface area contributed by atoms with Gasteiger partial charge in [0.05, 0.1) is 12.1 Å². The topological polar surface area (TPSA) is 72.3 Å². The molecule has 0 saturated carbocycles. The number of ketones is 1. The number of aromatic amines is 1. The molecule has 0 radical (unpaired) electrons. The Labute approximate surface area is 103 Å². The zero-order valence-electron chi connectivity index (χ0n) is 9.77. The fourth-order valence-electron chi connectivity index (χ4n) is 2.28. The summed E-state index contributed by atoms with van der Waals surface area (Å²) >= 11 is 0. The average molecular weight is 247 g/mol. The van der Waals surface area contributed by atoms with Crippen LogP contribution < -0.4 is 5.76 Å². The number of carbonyl (C=O) groups is 1. The van der Waals surface area contributed by atoms with Gasteiger partial charge in [0.2, 0.25) is 0 Å². The van der Waals surface area contributed by atoms with Crippen molar-refractivity contribution in [1.82, 2.24) is 4.98 Å². The van der Waals surface area contributed by atoms with Crippen LogP contribution in [-0.2, 0) is 4.74 Å². The van der Waals surface area contributed by atoms with E-state index < -0.39 is 5.76 Å². The van der Waals surface area contributed by atoms with Crippen LogP contribution in [-0.4, -0.2) is 24.0 Å². The Morgan fingerprint density at radius 2 is 2.28 bits per heavy atom. The molecule has 1 aromatic heterocycles. The second kappa shape index (κ2) is 4.42. The summed E-state index contributed by atoms with van der Waals surface area (Å²) < 4.78 is 10.3. The van der Waals surface area contributed by atoms with Gasteiger partial charge in [-0.3, -0.25) is 9.78 Å². The van der Waals surface area contributed by atoms with E-state index in [-0.39, 0.29) is 11.7 Å². The molecule has 0 spiro atoms. The van der Waals surface area contributed by atoms with Gasteiger partial charge in [-0.1, -0.05) is 0 Å². The fraction of sp³-hybridized carbons (Fsp3) is 0.385. The Bertz CT molecular complexity index is 634. The van der Waals surface area contributed by atoms with Gasteiger partial charge >= 0.3 is 5.76 Å². The SMILES string of the molecule is O=C(c1ccc2[nH]c(=O)oc2c1)C1CCCOC1. The van der Waals surface area contributed by atoms with Crippen molar-refractivity contribution in [3.8, 4) is 0 Å². The lowest BCUT2D eigenvalue weighted by Gasteiger charge is -2.20. The van der Waals surface area contributed by atoms with E-state index in [0.717, 1.165) is 19.4 Å². The van der Waals surface area contributed by atoms with Crippen LogP contribution in [0.15, 0.2) is 27.4 Å². The van der Waals surface area contributed by atoms with E-state index in [9.17, 15) is 9.59 Å². The van der Waals surface area contributed by atoms with E-state index in [1.165, 1.54) is 0 Å². The van der Waals surface area contributed by atoms with Crippen LogP contribution in [0.5, 0.6) is 0 Å². The van der Waals surface area contributed by atoms with Gasteiger partial charge in [0.1, 0.15) is 0 Å². The highest BCUT2D eigenvalue weighted by Crippen LogP contribution is 2.21. The molecule has 2 aromatic rings. The minimum absolute atomic E-state index is 0.0560. The van der Waals surface area contributed by atoms with Gasteiger partial charge in [-0.2, -0.15) is 0 Å². The van der Waals surface area contributed by atoms with Crippen molar-refractivity contribution in [1.29, 1.82) is 0 Å². The van der Waals surface area contributed by atoms with Crippen molar-refractivity contribution in [2.24, 2.45) is 5.92 Å². The maximum Gasteiger partial charge on any atom is 0.417 e. The molecule has 1 unspecified atom stereocenters. The van der Waals surface area contributed by atoms with E-state index in [0.29, 0.717) is 23.3 Å². The first-order chi connectivity index (χ1) is 8.74. The van der Waals surface area contributed by atoms with E-state index in [1.54, 1.807) is 18.2 Å². The Balaban J connectivity index is 1.92. The Kier molecular flexibility index (Phi) is 2.76. The molecular weight excluding hydrogens is 234 g/mol. The van der Waals surface area contributed by atoms with Crippen molar-refractivity contribution in [3.63, 3.8) is 0 Å². The molecular formula is C13H13NO4. The van der Waals surface area contributed by atoms with Crippen LogP contribution in [0.2, 0.25) is 0 Å². The largest absolute Gasteiger partial charge is 0.417 e. The van der Waals surface area contributed by atoms with E-state index in [2.05, 4.69) is 4.98 Å². The maximum absolute atomic E-state index is 12.2. The molecule has 1 atom stereocenters. The Morgan fingerprint density at radius 3 is 3.06 bits per heavy atom. The molecule has 1 aromatic carbocycles. The summed E-state index contributed by atoms with van der Waals surface area (Å²) in [5.74, 6) is -0.530. The third kappa shape index (κ3) is 1.97. The highest BCUT2D eigenvalue weighted by molar-refractivity contribution is 6.00. The van der Waals surface area contributed by atoms with Gasteiger partial charge < -0.3 is 9.15 Å². The molecule has 18 heavy (non-hydrogen) atoms. The second-order valence-corrected chi connectivity index (χ2v) is 4.50. The minimum Gasteiger partial charge on any atom is -0.408 e. The molecule has 1 aliphatic heterocycles. The van der Waals surface area contributed by atoms with Crippen LogP contribution in [0.1, 0.15) is 23.2 Å². The summed E-state index contributed by atoms with van der Waals surface area (Å²) in [7, 11) is 0. The summed E-state index contributed by atoms with van der Waals surface area (Å²) in [5.41, 5.74) is 1.60. The standard InChI is InChI=1S/C13H13NO4/c15-12(9-2-1-5-17-7-9)8-3-4-10-11(6-8)18-13(16)14-10/h3-4,6,9H,1-2,5,7H2,(H,14,16). The molecule has 5 nitrogen and oxygen atoms in total. The highest BCUT2D eigenvalue weighted by atomic mass is 16.5. The Morgan fingerprint density at radius 1 is 1.39 bits per heavy atom. The number of nitrogens with one attached hydrogen (secondary N) is 1. The number of benzene rings is 1. The normalized spacial score (nSPS) is 20.1. The summed E-state index contributed by atoms with van der Waals surface area (Å²) in [4.78, 5) is 25.8. The summed E-state index contributed by atoms with van der Waals surface area (Å²) in [6.07, 6.45) is 1.77. The second-order valence-electron chi connectivity index (χ2n) is 4.50. The first kappa shape index (κ1) is 11.2. The number of oxazole rings is 1. The monoisotopic (exact) mass is 247 g/mol. The van der Waals surface area contributed by atoms with Crippen LogP contribution in [0.4, 0.5) is 0 Å². The zero-order valence-corrected chi connectivity index (χ0v) is 9.77. The van der Waals surface area contributed by atoms with Gasteiger partial charge in [-0.05, 0) is 31.0 Å². The van der Waals surface area contributed by atoms with Crippen molar-refractivity contribution >= 4 is 16.9 Å². The summed E-state index contributed by atoms with van der Waals surface area (Å²) in [6, 6.07) is 5.02. The fourth-order valence-corrected chi connectivity index (χ4v) is 2.28. The average Bonchev–Trinajstić information content (AvgIpc) is 2.78. The first-order valence-corrected chi connectivity index (χ1v) is 5.99. The molecule has 0 bridgehead atoms. The van der Waals surface area contributed by atoms with Crippen molar-refractivity contribution < 1.29 is 13.9 Å². The lowest BCUT2D eigenvalue weighted by atomic mass is 9.93. The van der Waals surface area contributed by atoms with Gasteiger partial charge in [0, 0.05) is 18.1 Å². The number of hydrogen-bond donors (Lipinski definition) is 1. The third-order valence-corrected chi connectivity index (χ3v) is 3.24. The highest BCUT2D eigenvalue weighted by Gasteiger charge is 2.23. The molecule has 3 rings (SSSR count). The molecule has 1 fully saturated rings.